The Morgan fingerprint density at radius 1 is 1.06 bits per heavy atom. The Hall–Kier alpha value is -3.47. The number of carbonyl (C=O) groups excluding carboxylic acids is 1. The summed E-state index contributed by atoms with van der Waals surface area (Å²) in [5.41, 5.74) is 3.27. The van der Waals surface area contributed by atoms with Crippen LogP contribution in [0, 0.1) is 0 Å². The van der Waals surface area contributed by atoms with Crippen molar-refractivity contribution in [2.24, 2.45) is 0 Å². The lowest BCUT2D eigenvalue weighted by Gasteiger charge is -2.22. The van der Waals surface area contributed by atoms with Crippen LogP contribution >= 0.6 is 0 Å². The highest BCUT2D eigenvalue weighted by atomic mass is 16.6. The highest BCUT2D eigenvalue weighted by Crippen LogP contribution is 2.19. The van der Waals surface area contributed by atoms with Crippen molar-refractivity contribution in [2.75, 3.05) is 13.7 Å². The number of aliphatic hydroxyl groups is 1. The molecule has 0 spiro atoms. The van der Waals surface area contributed by atoms with Gasteiger partial charge in [-0.1, -0.05) is 42.5 Å². The van der Waals surface area contributed by atoms with Gasteiger partial charge in [0.2, 0.25) is 0 Å². The van der Waals surface area contributed by atoms with Gasteiger partial charge in [-0.15, -0.1) is 0 Å². The van der Waals surface area contributed by atoms with Gasteiger partial charge in [0, 0.05) is 6.54 Å². The molecule has 1 aliphatic heterocycles. The van der Waals surface area contributed by atoms with E-state index in [0.29, 0.717) is 31.0 Å². The topological polar surface area (TPSA) is 131 Å². The minimum absolute atomic E-state index is 0.124. The van der Waals surface area contributed by atoms with Crippen molar-refractivity contribution in [1.29, 1.82) is 0 Å². The summed E-state index contributed by atoms with van der Waals surface area (Å²) < 4.78 is 16.4. The van der Waals surface area contributed by atoms with Crippen molar-refractivity contribution in [3.05, 3.63) is 77.1 Å². The lowest BCUT2D eigenvalue weighted by molar-refractivity contribution is 0.0187. The highest BCUT2D eigenvalue weighted by molar-refractivity contribution is 5.67. The van der Waals surface area contributed by atoms with E-state index in [1.54, 1.807) is 7.11 Å². The minimum atomic E-state index is -0.789. The Morgan fingerprint density at radius 3 is 2.59 bits per heavy atom. The molecule has 0 aliphatic carbocycles. The summed E-state index contributed by atoms with van der Waals surface area (Å²) in [5.74, 6) is 0.771. The first-order valence-electron chi connectivity index (χ1n) is 11.1. The smallest absolute Gasteiger partial charge is 0.407 e. The number of aliphatic hydroxyl groups excluding tert-OH is 1. The number of alkyl carbamates (subject to hydrolysis) is 1. The predicted octanol–water partition coefficient (Wildman–Crippen LogP) is 1.70. The number of β-amino-alcohol motifs (C(OH)–C–C–N with tert-alkyl or cyclic N) is 1. The van der Waals surface area contributed by atoms with Gasteiger partial charge in [0.25, 0.3) is 0 Å². The van der Waals surface area contributed by atoms with E-state index in [9.17, 15) is 9.90 Å². The molecule has 3 atom stereocenters. The molecule has 1 aromatic heterocycles. The van der Waals surface area contributed by atoms with Gasteiger partial charge in [0.1, 0.15) is 29.3 Å². The Kier molecular flexibility index (Phi) is 8.08. The highest BCUT2D eigenvalue weighted by Gasteiger charge is 2.37. The van der Waals surface area contributed by atoms with Crippen LogP contribution in [0.2, 0.25) is 0 Å². The predicted molar refractivity (Wildman–Crippen MR) is 123 cm³/mol. The Balaban J connectivity index is 1.25. The first kappa shape index (κ1) is 23.7. The van der Waals surface area contributed by atoms with Gasteiger partial charge < -0.3 is 30.0 Å². The van der Waals surface area contributed by atoms with Crippen LogP contribution in [-0.2, 0) is 35.7 Å². The molecule has 180 valence electrons. The lowest BCUT2D eigenvalue weighted by atomic mass is 10.0. The molecule has 34 heavy (non-hydrogen) atoms. The SMILES string of the molecule is COc1ccc(C[C@H]2NC[C@H](O)[C@H]2OC(=O)NCc2n[nH]nc2COCc2ccccc2)cc1. The van der Waals surface area contributed by atoms with Crippen molar-refractivity contribution in [1.82, 2.24) is 26.0 Å². The van der Waals surface area contributed by atoms with Crippen LogP contribution in [0.3, 0.4) is 0 Å². The molecule has 2 heterocycles. The number of methoxy groups -OCH3 is 1. The average Bonchev–Trinajstić information content (AvgIpc) is 3.45. The van der Waals surface area contributed by atoms with Crippen molar-refractivity contribution in [3.63, 3.8) is 0 Å². The van der Waals surface area contributed by atoms with E-state index in [1.165, 1.54) is 0 Å². The van der Waals surface area contributed by atoms with Crippen LogP contribution in [0.5, 0.6) is 5.75 Å². The third-order valence-electron chi connectivity index (χ3n) is 5.68. The van der Waals surface area contributed by atoms with E-state index in [0.717, 1.165) is 16.9 Å². The second-order valence-corrected chi connectivity index (χ2v) is 8.05. The van der Waals surface area contributed by atoms with Crippen molar-refractivity contribution >= 4 is 6.09 Å². The summed E-state index contributed by atoms with van der Waals surface area (Å²) in [7, 11) is 1.62. The molecule has 1 aliphatic rings. The molecule has 0 bridgehead atoms. The molecular formula is C24H29N5O5. The number of aromatic nitrogens is 3. The summed E-state index contributed by atoms with van der Waals surface area (Å²) in [6.45, 7) is 1.18. The summed E-state index contributed by atoms with van der Waals surface area (Å²) in [6, 6.07) is 17.3. The summed E-state index contributed by atoms with van der Waals surface area (Å²) >= 11 is 0. The number of nitrogens with one attached hydrogen (secondary N) is 3. The summed E-state index contributed by atoms with van der Waals surface area (Å²) in [4.78, 5) is 12.5. The number of ether oxygens (including phenoxy) is 3. The first-order chi connectivity index (χ1) is 16.6. The van der Waals surface area contributed by atoms with Crippen LogP contribution in [-0.4, -0.2) is 58.5 Å². The lowest BCUT2D eigenvalue weighted by Crippen LogP contribution is -2.41. The maximum Gasteiger partial charge on any atom is 0.407 e. The number of hydrogen-bond donors (Lipinski definition) is 4. The van der Waals surface area contributed by atoms with E-state index in [4.69, 9.17) is 14.2 Å². The van der Waals surface area contributed by atoms with Crippen molar-refractivity contribution < 1.29 is 24.1 Å². The van der Waals surface area contributed by atoms with E-state index < -0.39 is 18.3 Å². The standard InChI is InChI=1S/C24H29N5O5/c1-32-18-9-7-16(8-10-18)11-19-23(22(30)13-25-19)34-24(31)26-12-20-21(28-29-27-20)15-33-14-17-5-3-2-4-6-17/h2-10,19,22-23,25,30H,11-15H2,1H3,(H,26,31)(H,27,28,29)/t19-,22+,23+/m1/s1. The van der Waals surface area contributed by atoms with E-state index in [1.807, 2.05) is 54.6 Å². The Bertz CT molecular complexity index is 1040. The fraction of sp³-hybridized carbons (Fsp3) is 0.375. The first-order valence-corrected chi connectivity index (χ1v) is 11.1. The zero-order valence-electron chi connectivity index (χ0n) is 18.9. The number of benzene rings is 2. The number of hydrogen-bond acceptors (Lipinski definition) is 8. The Labute approximate surface area is 197 Å². The largest absolute Gasteiger partial charge is 0.497 e. The zero-order chi connectivity index (χ0) is 23.8. The van der Waals surface area contributed by atoms with Gasteiger partial charge >= 0.3 is 6.09 Å². The molecule has 1 fully saturated rings. The van der Waals surface area contributed by atoms with Gasteiger partial charge in [-0.3, -0.25) is 0 Å². The molecule has 10 nitrogen and oxygen atoms in total. The van der Waals surface area contributed by atoms with E-state index >= 15 is 0 Å². The van der Waals surface area contributed by atoms with Gasteiger partial charge in [0.15, 0.2) is 0 Å². The molecule has 2 aromatic carbocycles. The quantitative estimate of drug-likeness (QED) is 0.354. The number of rotatable bonds is 10. The van der Waals surface area contributed by atoms with Gasteiger partial charge in [-0.25, -0.2) is 4.79 Å². The molecule has 3 aromatic rings. The van der Waals surface area contributed by atoms with Crippen LogP contribution in [0.15, 0.2) is 54.6 Å². The molecule has 1 amide bonds. The molecule has 10 heteroatoms. The van der Waals surface area contributed by atoms with E-state index in [-0.39, 0.29) is 19.2 Å². The third-order valence-corrected chi connectivity index (χ3v) is 5.68. The second kappa shape index (κ2) is 11.6. The van der Waals surface area contributed by atoms with E-state index in [2.05, 4.69) is 26.0 Å². The maximum absolute atomic E-state index is 12.5. The van der Waals surface area contributed by atoms with Gasteiger partial charge in [-0.05, 0) is 29.7 Å². The molecule has 0 saturated carbocycles. The molecule has 0 radical (unpaired) electrons. The number of H-pyrrole nitrogens is 1. The normalized spacial score (nSPS) is 19.6. The van der Waals surface area contributed by atoms with Crippen molar-refractivity contribution in [3.8, 4) is 5.75 Å². The molecule has 0 unspecified atom stereocenters. The van der Waals surface area contributed by atoms with Crippen LogP contribution in [0.4, 0.5) is 4.79 Å². The number of amides is 1. The fourth-order valence-electron chi connectivity index (χ4n) is 3.83. The molecule has 4 rings (SSSR count). The van der Waals surface area contributed by atoms with Crippen LogP contribution in [0.1, 0.15) is 22.5 Å². The molecule has 1 saturated heterocycles. The molecular weight excluding hydrogens is 438 g/mol. The number of carbonyl (C=O) groups is 1. The van der Waals surface area contributed by atoms with Crippen LogP contribution < -0.4 is 15.4 Å². The molecule has 4 N–H and O–H groups in total. The number of aromatic amines is 1. The van der Waals surface area contributed by atoms with Crippen LogP contribution in [0.25, 0.3) is 0 Å². The summed E-state index contributed by atoms with van der Waals surface area (Å²) in [5, 5.41) is 27.0. The summed E-state index contributed by atoms with van der Waals surface area (Å²) in [6.07, 6.45) is -1.49. The second-order valence-electron chi connectivity index (χ2n) is 8.05. The minimum Gasteiger partial charge on any atom is -0.497 e. The third kappa shape index (κ3) is 6.31. The zero-order valence-corrected chi connectivity index (χ0v) is 18.9. The van der Waals surface area contributed by atoms with Gasteiger partial charge in [0.05, 0.1) is 32.9 Å². The maximum atomic E-state index is 12.5. The monoisotopic (exact) mass is 467 g/mol. The van der Waals surface area contributed by atoms with Gasteiger partial charge in [-0.2, -0.15) is 15.4 Å². The fourth-order valence-corrected chi connectivity index (χ4v) is 3.83. The van der Waals surface area contributed by atoms with Crippen molar-refractivity contribution in [2.45, 2.75) is 44.4 Å². The average molecular weight is 468 g/mol. The number of nitrogens with zero attached hydrogens (tertiary/aromatic N) is 2. The Morgan fingerprint density at radius 2 is 1.82 bits per heavy atom.